The number of urea groups is 1. The molecule has 3 aliphatic rings. The number of ether oxygens (including phenoxy) is 1. The van der Waals surface area contributed by atoms with Gasteiger partial charge in [-0.15, -0.1) is 0 Å². The second-order valence-electron chi connectivity index (χ2n) is 8.06. The van der Waals surface area contributed by atoms with Gasteiger partial charge in [0.2, 0.25) is 0 Å². The number of nitrogens with one attached hydrogen (secondary N) is 1. The number of nitrogens with zero attached hydrogens (tertiary/aromatic N) is 3. The van der Waals surface area contributed by atoms with Crippen molar-refractivity contribution in [3.63, 3.8) is 0 Å². The zero-order chi connectivity index (χ0) is 20.3. The molecule has 0 unspecified atom stereocenters. The Morgan fingerprint density at radius 3 is 2.69 bits per heavy atom. The molecular formula is C21H28N4O4. The second-order valence-corrected chi connectivity index (χ2v) is 8.06. The highest BCUT2D eigenvalue weighted by molar-refractivity contribution is 6.39. The first-order valence-corrected chi connectivity index (χ1v) is 10.3. The summed E-state index contributed by atoms with van der Waals surface area (Å²) < 4.78 is 5.31. The maximum absolute atomic E-state index is 12.7. The van der Waals surface area contributed by atoms with Crippen molar-refractivity contribution in [3.8, 4) is 0 Å². The standard InChI is InChI=1S/C21H28N4O4/c1-16(17-5-3-2-4-6-17)14-22-19(26)18-13-21(29-23-18)7-8-25(15-21)20(27)24-9-11-28-12-10-24/h2-6,16H,7-15H2,1H3,(H,22,26)/t16-,21-/m0/s1. The third-order valence-corrected chi connectivity index (χ3v) is 5.91. The predicted molar refractivity (Wildman–Crippen MR) is 108 cm³/mol. The Labute approximate surface area is 170 Å². The van der Waals surface area contributed by atoms with Crippen LogP contribution in [0.5, 0.6) is 0 Å². The number of morpholine rings is 1. The predicted octanol–water partition coefficient (Wildman–Crippen LogP) is 1.58. The van der Waals surface area contributed by atoms with E-state index in [2.05, 4.69) is 29.5 Å². The van der Waals surface area contributed by atoms with Gasteiger partial charge in [0.1, 0.15) is 5.71 Å². The fourth-order valence-electron chi connectivity index (χ4n) is 4.07. The number of carbonyl (C=O) groups excluding carboxylic acids is 2. The van der Waals surface area contributed by atoms with Crippen LogP contribution in [0.1, 0.15) is 31.2 Å². The number of oxime groups is 1. The molecule has 8 nitrogen and oxygen atoms in total. The second kappa shape index (κ2) is 8.41. The topological polar surface area (TPSA) is 83.5 Å². The van der Waals surface area contributed by atoms with Gasteiger partial charge in [-0.25, -0.2) is 4.79 Å². The van der Waals surface area contributed by atoms with E-state index in [9.17, 15) is 9.59 Å². The lowest BCUT2D eigenvalue weighted by Crippen LogP contribution is -2.48. The van der Waals surface area contributed by atoms with Crippen LogP contribution in [0.4, 0.5) is 4.79 Å². The SMILES string of the molecule is C[C@@H](CNC(=O)C1=NO[C@@]2(CCN(C(=O)N3CCOCC3)C2)C1)c1ccccc1. The zero-order valence-electron chi connectivity index (χ0n) is 16.8. The summed E-state index contributed by atoms with van der Waals surface area (Å²) in [4.78, 5) is 34.6. The number of benzene rings is 1. The highest BCUT2D eigenvalue weighted by Crippen LogP contribution is 2.34. The first-order valence-electron chi connectivity index (χ1n) is 10.3. The molecule has 4 rings (SSSR count). The van der Waals surface area contributed by atoms with Crippen LogP contribution in [0.15, 0.2) is 35.5 Å². The number of amides is 3. The molecule has 1 spiro atoms. The summed E-state index contributed by atoms with van der Waals surface area (Å²) in [5.41, 5.74) is 1.02. The molecule has 2 saturated heterocycles. The lowest BCUT2D eigenvalue weighted by atomic mass is 9.96. The van der Waals surface area contributed by atoms with Crippen LogP contribution >= 0.6 is 0 Å². The van der Waals surface area contributed by atoms with Gasteiger partial charge in [0.25, 0.3) is 5.91 Å². The van der Waals surface area contributed by atoms with Gasteiger partial charge in [0.15, 0.2) is 5.60 Å². The van der Waals surface area contributed by atoms with Gasteiger partial charge in [-0.2, -0.15) is 0 Å². The molecule has 0 bridgehead atoms. The minimum Gasteiger partial charge on any atom is -0.386 e. The average molecular weight is 400 g/mol. The molecule has 8 heteroatoms. The largest absolute Gasteiger partial charge is 0.386 e. The van der Waals surface area contributed by atoms with E-state index in [0.717, 1.165) is 0 Å². The summed E-state index contributed by atoms with van der Waals surface area (Å²) in [6.07, 6.45) is 1.12. The summed E-state index contributed by atoms with van der Waals surface area (Å²) in [5, 5.41) is 7.02. The Bertz CT molecular complexity index is 778. The Morgan fingerprint density at radius 1 is 1.17 bits per heavy atom. The van der Waals surface area contributed by atoms with Crippen molar-refractivity contribution in [3.05, 3.63) is 35.9 Å². The molecule has 2 atom stereocenters. The van der Waals surface area contributed by atoms with E-state index in [-0.39, 0.29) is 17.9 Å². The first kappa shape index (κ1) is 19.7. The normalized spacial score (nSPS) is 24.9. The van der Waals surface area contributed by atoms with Crippen molar-refractivity contribution in [1.82, 2.24) is 15.1 Å². The Hall–Kier alpha value is -2.61. The minimum atomic E-state index is -0.570. The van der Waals surface area contributed by atoms with Crippen molar-refractivity contribution in [2.24, 2.45) is 5.16 Å². The van der Waals surface area contributed by atoms with Gasteiger partial charge in [0, 0.05) is 39.0 Å². The third-order valence-electron chi connectivity index (χ3n) is 5.91. The molecule has 1 aromatic rings. The van der Waals surface area contributed by atoms with Gasteiger partial charge in [-0.1, -0.05) is 42.4 Å². The molecule has 3 aliphatic heterocycles. The number of likely N-dealkylation sites (tertiary alicyclic amines) is 1. The smallest absolute Gasteiger partial charge is 0.320 e. The van der Waals surface area contributed by atoms with Crippen LogP contribution in [-0.4, -0.2) is 79.0 Å². The first-order chi connectivity index (χ1) is 14.1. The number of carbonyl (C=O) groups is 2. The molecule has 156 valence electrons. The fourth-order valence-corrected chi connectivity index (χ4v) is 4.07. The van der Waals surface area contributed by atoms with Gasteiger partial charge < -0.3 is 24.7 Å². The van der Waals surface area contributed by atoms with Gasteiger partial charge >= 0.3 is 6.03 Å². The van der Waals surface area contributed by atoms with Crippen molar-refractivity contribution < 1.29 is 19.2 Å². The Morgan fingerprint density at radius 2 is 1.93 bits per heavy atom. The fraction of sp³-hybridized carbons (Fsp3) is 0.571. The van der Waals surface area contributed by atoms with E-state index in [0.29, 0.717) is 64.5 Å². The highest BCUT2D eigenvalue weighted by Gasteiger charge is 2.48. The van der Waals surface area contributed by atoms with Crippen molar-refractivity contribution >= 4 is 17.6 Å². The quantitative estimate of drug-likeness (QED) is 0.832. The van der Waals surface area contributed by atoms with Crippen LogP contribution in [0.2, 0.25) is 0 Å². The Balaban J connectivity index is 1.27. The summed E-state index contributed by atoms with van der Waals surface area (Å²) in [5.74, 6) is 0.0211. The Kier molecular flexibility index (Phi) is 5.71. The molecule has 0 saturated carbocycles. The maximum atomic E-state index is 12.7. The van der Waals surface area contributed by atoms with Crippen LogP contribution in [0.3, 0.4) is 0 Å². The van der Waals surface area contributed by atoms with Crippen LogP contribution in [0, 0.1) is 0 Å². The molecule has 3 amide bonds. The van der Waals surface area contributed by atoms with Gasteiger partial charge in [0.05, 0.1) is 19.8 Å². The number of hydrogen-bond acceptors (Lipinski definition) is 5. The van der Waals surface area contributed by atoms with Crippen LogP contribution in [-0.2, 0) is 14.4 Å². The van der Waals surface area contributed by atoms with E-state index in [1.54, 1.807) is 4.90 Å². The van der Waals surface area contributed by atoms with Crippen LogP contribution < -0.4 is 5.32 Å². The number of hydrogen-bond donors (Lipinski definition) is 1. The third kappa shape index (κ3) is 4.37. The maximum Gasteiger partial charge on any atom is 0.320 e. The van der Waals surface area contributed by atoms with Crippen molar-refractivity contribution in [2.75, 3.05) is 45.9 Å². The summed E-state index contributed by atoms with van der Waals surface area (Å²) in [6, 6.07) is 10.1. The van der Waals surface area contributed by atoms with E-state index < -0.39 is 5.60 Å². The molecule has 0 radical (unpaired) electrons. The van der Waals surface area contributed by atoms with E-state index >= 15 is 0 Å². The number of rotatable bonds is 4. The summed E-state index contributed by atoms with van der Waals surface area (Å²) in [7, 11) is 0. The zero-order valence-corrected chi connectivity index (χ0v) is 16.8. The monoisotopic (exact) mass is 400 g/mol. The average Bonchev–Trinajstić information content (AvgIpc) is 3.39. The summed E-state index contributed by atoms with van der Waals surface area (Å²) >= 11 is 0. The van der Waals surface area contributed by atoms with Gasteiger partial charge in [-0.05, 0) is 11.5 Å². The molecule has 1 N–H and O–H groups in total. The lowest BCUT2D eigenvalue weighted by molar-refractivity contribution is -0.115. The highest BCUT2D eigenvalue weighted by atomic mass is 16.7. The van der Waals surface area contributed by atoms with E-state index in [4.69, 9.17) is 9.57 Å². The molecule has 2 fully saturated rings. The minimum absolute atomic E-state index is 0.0170. The molecule has 29 heavy (non-hydrogen) atoms. The van der Waals surface area contributed by atoms with E-state index in [1.807, 2.05) is 23.1 Å². The van der Waals surface area contributed by atoms with Crippen LogP contribution in [0.25, 0.3) is 0 Å². The molecule has 1 aromatic carbocycles. The van der Waals surface area contributed by atoms with Crippen molar-refractivity contribution in [1.29, 1.82) is 0 Å². The lowest BCUT2D eigenvalue weighted by Gasteiger charge is -2.31. The van der Waals surface area contributed by atoms with Crippen molar-refractivity contribution in [2.45, 2.75) is 31.3 Å². The molecular weight excluding hydrogens is 372 g/mol. The molecule has 0 aliphatic carbocycles. The van der Waals surface area contributed by atoms with E-state index in [1.165, 1.54) is 5.56 Å². The van der Waals surface area contributed by atoms with Gasteiger partial charge in [-0.3, -0.25) is 4.79 Å². The molecule has 3 heterocycles. The summed E-state index contributed by atoms with van der Waals surface area (Å²) in [6.45, 7) is 6.09. The molecule has 0 aromatic heterocycles.